The highest BCUT2D eigenvalue weighted by atomic mass is 16.6. The van der Waals surface area contributed by atoms with Crippen molar-refractivity contribution in [2.45, 2.75) is 39.3 Å². The monoisotopic (exact) mass is 424 g/mol. The van der Waals surface area contributed by atoms with Crippen molar-refractivity contribution >= 4 is 22.5 Å². The Bertz CT molecular complexity index is 1230. The molecule has 0 fully saturated rings. The Kier molecular flexibility index (Phi) is 6.64. The first-order valence-electron chi connectivity index (χ1n) is 10.1. The van der Waals surface area contributed by atoms with Crippen LogP contribution in [0.1, 0.15) is 31.7 Å². The number of anilines is 1. The lowest BCUT2D eigenvalue weighted by Crippen LogP contribution is -2.39. The highest BCUT2D eigenvalue weighted by Gasteiger charge is 2.22. The molecule has 1 N–H and O–H groups in total. The van der Waals surface area contributed by atoms with Crippen LogP contribution in [0.3, 0.4) is 0 Å². The van der Waals surface area contributed by atoms with Crippen LogP contribution in [-0.2, 0) is 17.9 Å². The Hall–Kier alpha value is -3.75. The Morgan fingerprint density at radius 1 is 1.06 bits per heavy atom. The molecule has 3 aromatic rings. The maximum atomic E-state index is 12.7. The smallest absolute Gasteiger partial charge is 0.326 e. The van der Waals surface area contributed by atoms with Crippen LogP contribution in [0.25, 0.3) is 10.9 Å². The largest absolute Gasteiger partial charge is 0.331 e. The molecule has 3 rings (SSSR count). The number of nitrogens with one attached hydrogen (secondary N) is 1. The highest BCUT2D eigenvalue weighted by Crippen LogP contribution is 2.22. The first-order valence-corrected chi connectivity index (χ1v) is 10.1. The van der Waals surface area contributed by atoms with Gasteiger partial charge in [-0.3, -0.25) is 28.8 Å². The van der Waals surface area contributed by atoms with Gasteiger partial charge in [0.05, 0.1) is 16.8 Å². The van der Waals surface area contributed by atoms with Gasteiger partial charge in [0.15, 0.2) is 0 Å². The number of amides is 1. The minimum absolute atomic E-state index is 0.0727. The van der Waals surface area contributed by atoms with Gasteiger partial charge in [0.2, 0.25) is 12.5 Å². The van der Waals surface area contributed by atoms with Gasteiger partial charge in [-0.2, -0.15) is 0 Å². The predicted octanol–water partition coefficient (Wildman–Crippen LogP) is 2.59. The number of aromatic nitrogens is 2. The van der Waals surface area contributed by atoms with E-state index in [9.17, 15) is 24.5 Å². The van der Waals surface area contributed by atoms with E-state index in [2.05, 4.69) is 5.32 Å². The van der Waals surface area contributed by atoms with E-state index in [0.29, 0.717) is 28.7 Å². The topological polar surface area (TPSA) is 116 Å². The van der Waals surface area contributed by atoms with Crippen molar-refractivity contribution in [3.8, 4) is 0 Å². The molecule has 9 nitrogen and oxygen atoms in total. The molecule has 0 spiro atoms. The van der Waals surface area contributed by atoms with Crippen LogP contribution in [0.15, 0.2) is 58.1 Å². The summed E-state index contributed by atoms with van der Waals surface area (Å²) < 4.78 is 2.66. The minimum atomic E-state index is -0.570. The summed E-state index contributed by atoms with van der Waals surface area (Å²) in [5, 5.41) is 14.1. The quantitative estimate of drug-likeness (QED) is 0.441. The molecule has 1 heterocycles. The van der Waals surface area contributed by atoms with E-state index in [1.54, 1.807) is 55.5 Å². The van der Waals surface area contributed by atoms with Crippen LogP contribution in [0.4, 0.5) is 5.69 Å². The van der Waals surface area contributed by atoms with Crippen molar-refractivity contribution in [1.29, 1.82) is 0 Å². The van der Waals surface area contributed by atoms with E-state index in [4.69, 9.17) is 0 Å². The second-order valence-corrected chi connectivity index (χ2v) is 7.18. The first kappa shape index (κ1) is 21.9. The molecule has 31 heavy (non-hydrogen) atoms. The molecule has 0 saturated heterocycles. The molecule has 1 amide bonds. The molecule has 2 aromatic carbocycles. The number of hydrogen-bond donors (Lipinski definition) is 1. The van der Waals surface area contributed by atoms with Gasteiger partial charge in [-0.25, -0.2) is 4.79 Å². The van der Waals surface area contributed by atoms with Crippen LogP contribution < -0.4 is 16.6 Å². The maximum Gasteiger partial charge on any atom is 0.331 e. The zero-order valence-electron chi connectivity index (χ0n) is 17.4. The fourth-order valence-corrected chi connectivity index (χ4v) is 3.71. The third kappa shape index (κ3) is 4.71. The normalized spacial score (nSPS) is 11.9. The minimum Gasteiger partial charge on any atom is -0.326 e. The summed E-state index contributed by atoms with van der Waals surface area (Å²) in [6, 6.07) is 13.7. The predicted molar refractivity (Wildman–Crippen MR) is 118 cm³/mol. The number of fused-ring (bicyclic) bond motifs is 1. The number of carbonyl (C=O) groups is 1. The van der Waals surface area contributed by atoms with Gasteiger partial charge in [0.1, 0.15) is 0 Å². The van der Waals surface area contributed by atoms with E-state index in [1.165, 1.54) is 4.57 Å². The third-order valence-electron chi connectivity index (χ3n) is 5.21. The summed E-state index contributed by atoms with van der Waals surface area (Å²) >= 11 is 0. The van der Waals surface area contributed by atoms with E-state index in [-0.39, 0.29) is 25.2 Å². The number of aryl methyl sites for hydroxylation is 1. The van der Waals surface area contributed by atoms with Gasteiger partial charge in [-0.05, 0) is 37.6 Å². The second kappa shape index (κ2) is 9.38. The van der Waals surface area contributed by atoms with Crippen LogP contribution in [0, 0.1) is 10.1 Å². The lowest BCUT2D eigenvalue weighted by atomic mass is 9.95. The van der Waals surface area contributed by atoms with Gasteiger partial charge in [-0.15, -0.1) is 0 Å². The fourth-order valence-electron chi connectivity index (χ4n) is 3.71. The second-order valence-electron chi connectivity index (χ2n) is 7.18. The summed E-state index contributed by atoms with van der Waals surface area (Å²) in [7, 11) is 0. The average molecular weight is 424 g/mol. The van der Waals surface area contributed by atoms with Gasteiger partial charge >= 0.3 is 5.69 Å². The molecule has 0 aliphatic heterocycles. The Morgan fingerprint density at radius 2 is 1.74 bits per heavy atom. The van der Waals surface area contributed by atoms with Crippen molar-refractivity contribution in [3.63, 3.8) is 0 Å². The summed E-state index contributed by atoms with van der Waals surface area (Å²) in [4.78, 5) is 48.5. The molecule has 1 aromatic heterocycles. The zero-order chi connectivity index (χ0) is 22.5. The van der Waals surface area contributed by atoms with Crippen molar-refractivity contribution in [3.05, 3.63) is 85.0 Å². The Morgan fingerprint density at radius 3 is 2.35 bits per heavy atom. The van der Waals surface area contributed by atoms with Crippen molar-refractivity contribution in [2.75, 3.05) is 11.9 Å². The summed E-state index contributed by atoms with van der Waals surface area (Å²) in [5.41, 5.74) is 0.816. The van der Waals surface area contributed by atoms with Crippen molar-refractivity contribution < 1.29 is 9.72 Å². The standard InChI is InChI=1S/C22H24N4O5/c1-3-24-19-11-10-17(13-18(19)21(28)25(4-2)22(24)29)23-20(27)12-16(14-26(30)31)15-8-6-5-7-9-15/h5-11,13,16H,3-4,12,14H2,1-2H3,(H,23,27). The number of nitro groups is 1. The van der Waals surface area contributed by atoms with Crippen LogP contribution >= 0.6 is 0 Å². The highest BCUT2D eigenvalue weighted by molar-refractivity contribution is 5.94. The summed E-state index contributed by atoms with van der Waals surface area (Å²) in [6.07, 6.45) is -0.0727. The molecule has 0 aliphatic carbocycles. The fraction of sp³-hybridized carbons (Fsp3) is 0.318. The molecule has 1 atom stereocenters. The van der Waals surface area contributed by atoms with Crippen LogP contribution in [0.5, 0.6) is 0 Å². The zero-order valence-corrected chi connectivity index (χ0v) is 17.4. The SMILES string of the molecule is CCn1c(=O)c2cc(NC(=O)CC(C[N+](=O)[O-])c3ccccc3)ccc2n(CC)c1=O. The first-order chi connectivity index (χ1) is 14.8. The lowest BCUT2D eigenvalue weighted by molar-refractivity contribution is -0.483. The lowest BCUT2D eigenvalue weighted by Gasteiger charge is -2.15. The molecule has 162 valence electrons. The third-order valence-corrected chi connectivity index (χ3v) is 5.21. The maximum absolute atomic E-state index is 12.7. The van der Waals surface area contributed by atoms with Gasteiger partial charge in [0.25, 0.3) is 5.56 Å². The number of rotatable bonds is 8. The molecule has 9 heteroatoms. The van der Waals surface area contributed by atoms with Crippen molar-refractivity contribution in [2.24, 2.45) is 0 Å². The van der Waals surface area contributed by atoms with E-state index >= 15 is 0 Å². The summed E-state index contributed by atoms with van der Waals surface area (Å²) in [5.74, 6) is -0.964. The number of nitrogens with zero attached hydrogens (tertiary/aromatic N) is 3. The van der Waals surface area contributed by atoms with Crippen molar-refractivity contribution in [1.82, 2.24) is 9.13 Å². The molecule has 0 bridgehead atoms. The number of benzene rings is 2. The van der Waals surface area contributed by atoms with E-state index < -0.39 is 22.3 Å². The van der Waals surface area contributed by atoms with Gasteiger partial charge in [0, 0.05) is 30.1 Å². The summed E-state index contributed by atoms with van der Waals surface area (Å²) in [6.45, 7) is 3.82. The number of carbonyl (C=O) groups excluding carboxylic acids is 1. The Labute approximate surface area is 178 Å². The van der Waals surface area contributed by atoms with Gasteiger partial charge < -0.3 is 5.32 Å². The molecule has 0 aliphatic rings. The molecule has 0 saturated carbocycles. The van der Waals surface area contributed by atoms with Gasteiger partial charge in [-0.1, -0.05) is 30.3 Å². The van der Waals surface area contributed by atoms with Crippen LogP contribution in [0.2, 0.25) is 0 Å². The molecule has 0 radical (unpaired) electrons. The van der Waals surface area contributed by atoms with Crippen LogP contribution in [-0.4, -0.2) is 26.5 Å². The average Bonchev–Trinajstić information content (AvgIpc) is 2.74. The number of hydrogen-bond acceptors (Lipinski definition) is 5. The molecular formula is C22H24N4O5. The molecular weight excluding hydrogens is 400 g/mol. The van der Waals surface area contributed by atoms with E-state index in [0.717, 1.165) is 4.57 Å². The Balaban J connectivity index is 1.90. The van der Waals surface area contributed by atoms with E-state index in [1.807, 2.05) is 6.92 Å². The molecule has 1 unspecified atom stereocenters.